The first kappa shape index (κ1) is 19.5. The maximum Gasteiger partial charge on any atom is 0.226 e. The summed E-state index contributed by atoms with van der Waals surface area (Å²) in [6.07, 6.45) is 2.12. The van der Waals surface area contributed by atoms with Crippen LogP contribution in [0.2, 0.25) is 10.0 Å². The summed E-state index contributed by atoms with van der Waals surface area (Å²) in [4.78, 5) is 17.9. The molecule has 1 aliphatic heterocycles. The molecular weight excluding hydrogens is 443 g/mol. The molecule has 3 aromatic carbocycles. The molecule has 32 heavy (non-hydrogen) atoms. The first-order valence-corrected chi connectivity index (χ1v) is 11.3. The zero-order valence-corrected chi connectivity index (χ0v) is 18.5. The molecule has 1 unspecified atom stereocenters. The third kappa shape index (κ3) is 3.04. The van der Waals surface area contributed by atoms with Gasteiger partial charge in [0, 0.05) is 38.9 Å². The van der Waals surface area contributed by atoms with Crippen LogP contribution in [0.5, 0.6) is 0 Å². The van der Waals surface area contributed by atoms with Gasteiger partial charge in [0.05, 0.1) is 0 Å². The van der Waals surface area contributed by atoms with Crippen LogP contribution in [0, 0.1) is 0 Å². The lowest BCUT2D eigenvalue weighted by atomic mass is 9.85. The number of nitrogens with one attached hydrogen (secondary N) is 1. The fourth-order valence-electron chi connectivity index (χ4n) is 4.70. The van der Waals surface area contributed by atoms with E-state index in [1.807, 2.05) is 30.3 Å². The Morgan fingerprint density at radius 1 is 1.00 bits per heavy atom. The van der Waals surface area contributed by atoms with Crippen molar-refractivity contribution in [2.45, 2.75) is 25.3 Å². The average molecular weight is 461 g/mol. The number of ketones is 1. The Morgan fingerprint density at radius 3 is 2.72 bits per heavy atom. The van der Waals surface area contributed by atoms with Gasteiger partial charge in [0.25, 0.3) is 0 Å². The Bertz CT molecular complexity index is 1430. The summed E-state index contributed by atoms with van der Waals surface area (Å²) in [7, 11) is 0. The largest absolute Gasteiger partial charge is 0.328 e. The molecule has 0 amide bonds. The van der Waals surface area contributed by atoms with Crippen LogP contribution in [0.15, 0.2) is 71.9 Å². The normalized spacial score (nSPS) is 17.8. The van der Waals surface area contributed by atoms with Crippen LogP contribution >= 0.6 is 23.2 Å². The van der Waals surface area contributed by atoms with Crippen LogP contribution in [-0.4, -0.2) is 20.5 Å². The lowest BCUT2D eigenvalue weighted by molar-refractivity contribution is -0.116. The van der Waals surface area contributed by atoms with Gasteiger partial charge in [0.2, 0.25) is 5.95 Å². The summed E-state index contributed by atoms with van der Waals surface area (Å²) in [5.41, 5.74) is 3.34. The highest BCUT2D eigenvalue weighted by Crippen LogP contribution is 2.43. The maximum atomic E-state index is 13.0. The molecule has 0 spiro atoms. The predicted molar refractivity (Wildman–Crippen MR) is 127 cm³/mol. The lowest BCUT2D eigenvalue weighted by Crippen LogP contribution is -2.31. The van der Waals surface area contributed by atoms with Gasteiger partial charge < -0.3 is 5.32 Å². The van der Waals surface area contributed by atoms with Crippen LogP contribution in [0.4, 0.5) is 5.95 Å². The Morgan fingerprint density at radius 2 is 1.84 bits per heavy atom. The molecule has 0 saturated carbocycles. The number of allylic oxidation sites excluding steroid dienone is 2. The lowest BCUT2D eigenvalue weighted by Gasteiger charge is -2.32. The van der Waals surface area contributed by atoms with Gasteiger partial charge in [-0.1, -0.05) is 71.7 Å². The number of carbonyl (C=O) groups is 1. The van der Waals surface area contributed by atoms with Gasteiger partial charge in [-0.3, -0.25) is 4.79 Å². The molecule has 1 atom stereocenters. The molecule has 7 heteroatoms. The molecule has 2 heterocycles. The first-order chi connectivity index (χ1) is 15.6. The van der Waals surface area contributed by atoms with E-state index in [0.717, 1.165) is 40.4 Å². The number of fused-ring (bicyclic) bond motifs is 2. The van der Waals surface area contributed by atoms with Gasteiger partial charge in [-0.2, -0.15) is 4.98 Å². The van der Waals surface area contributed by atoms with Crippen molar-refractivity contribution in [1.29, 1.82) is 0 Å². The van der Waals surface area contributed by atoms with E-state index in [2.05, 4.69) is 23.5 Å². The molecule has 1 aliphatic carbocycles. The third-order valence-corrected chi connectivity index (χ3v) is 6.72. The van der Waals surface area contributed by atoms with Crippen molar-refractivity contribution in [1.82, 2.24) is 14.8 Å². The van der Waals surface area contributed by atoms with Gasteiger partial charge in [-0.25, -0.2) is 4.68 Å². The van der Waals surface area contributed by atoms with Crippen molar-refractivity contribution < 1.29 is 4.79 Å². The Labute approximate surface area is 194 Å². The maximum absolute atomic E-state index is 13.0. The minimum Gasteiger partial charge on any atom is -0.328 e. The number of rotatable bonds is 2. The molecule has 158 valence electrons. The third-order valence-electron chi connectivity index (χ3n) is 6.16. The van der Waals surface area contributed by atoms with Crippen molar-refractivity contribution in [2.24, 2.45) is 0 Å². The molecule has 1 N–H and O–H groups in total. The van der Waals surface area contributed by atoms with Gasteiger partial charge in [0.1, 0.15) is 6.04 Å². The molecule has 6 rings (SSSR count). The van der Waals surface area contributed by atoms with Crippen molar-refractivity contribution in [3.8, 4) is 11.4 Å². The van der Waals surface area contributed by atoms with E-state index >= 15 is 0 Å². The van der Waals surface area contributed by atoms with Gasteiger partial charge in [-0.15, -0.1) is 5.10 Å². The molecule has 1 aromatic heterocycles. The highest BCUT2D eigenvalue weighted by Gasteiger charge is 2.37. The number of hydrogen-bond acceptors (Lipinski definition) is 4. The second-order valence-corrected chi connectivity index (χ2v) is 8.94. The standard InChI is InChI=1S/C25H18Cl2N4O/c26-15-11-12-18(19(27)13-15)23-22-20(9-4-10-21(22)32)28-25-29-24(30-31(23)25)17-8-3-6-14-5-1-2-7-16(14)17/h1-3,5-8,11-13,23H,4,9-10H2,(H,28,29,30). The monoisotopic (exact) mass is 460 g/mol. The summed E-state index contributed by atoms with van der Waals surface area (Å²) < 4.78 is 1.79. The zero-order valence-electron chi connectivity index (χ0n) is 17.0. The second-order valence-electron chi connectivity index (χ2n) is 8.09. The molecular formula is C25H18Cl2N4O. The molecule has 0 radical (unpaired) electrons. The highest BCUT2D eigenvalue weighted by molar-refractivity contribution is 6.35. The summed E-state index contributed by atoms with van der Waals surface area (Å²) >= 11 is 12.8. The molecule has 4 aromatic rings. The number of hydrogen-bond donors (Lipinski definition) is 1. The van der Waals surface area contributed by atoms with Crippen LogP contribution < -0.4 is 5.32 Å². The number of nitrogens with zero attached hydrogens (tertiary/aromatic N) is 3. The SMILES string of the molecule is O=C1CCCC2=C1C(c1ccc(Cl)cc1Cl)n1nc(-c3cccc4ccccc34)nc1N2. The number of halogens is 2. The van der Waals surface area contributed by atoms with E-state index < -0.39 is 6.04 Å². The van der Waals surface area contributed by atoms with E-state index in [1.165, 1.54) is 0 Å². The minimum atomic E-state index is -0.449. The summed E-state index contributed by atoms with van der Waals surface area (Å²) in [5, 5.41) is 11.5. The fourth-order valence-corrected chi connectivity index (χ4v) is 5.21. The molecule has 5 nitrogen and oxygen atoms in total. The van der Waals surface area contributed by atoms with Crippen molar-refractivity contribution in [3.63, 3.8) is 0 Å². The van der Waals surface area contributed by atoms with Crippen molar-refractivity contribution in [2.75, 3.05) is 5.32 Å². The van der Waals surface area contributed by atoms with Crippen molar-refractivity contribution in [3.05, 3.63) is 87.5 Å². The van der Waals surface area contributed by atoms with Crippen LogP contribution in [0.3, 0.4) is 0 Å². The number of aromatic nitrogens is 3. The van der Waals surface area contributed by atoms with Gasteiger partial charge in [0.15, 0.2) is 11.6 Å². The summed E-state index contributed by atoms with van der Waals surface area (Å²) in [5.74, 6) is 1.33. The van der Waals surface area contributed by atoms with Gasteiger partial charge in [-0.05, 0) is 35.7 Å². The van der Waals surface area contributed by atoms with E-state index in [0.29, 0.717) is 33.8 Å². The minimum absolute atomic E-state index is 0.114. The molecule has 2 aliphatic rings. The number of benzene rings is 3. The van der Waals surface area contributed by atoms with Crippen LogP contribution in [0.25, 0.3) is 22.2 Å². The number of carbonyl (C=O) groups excluding carboxylic acids is 1. The van der Waals surface area contributed by atoms with E-state index in [-0.39, 0.29) is 5.78 Å². The Balaban J connectivity index is 1.57. The van der Waals surface area contributed by atoms with Crippen molar-refractivity contribution >= 4 is 45.7 Å². The summed E-state index contributed by atoms with van der Waals surface area (Å²) in [6, 6.07) is 19.2. The van der Waals surface area contributed by atoms with Crippen LogP contribution in [0.1, 0.15) is 30.9 Å². The number of Topliss-reactive ketones (excluding diaryl/α,β-unsaturated/α-hetero) is 1. The van der Waals surface area contributed by atoms with E-state index in [9.17, 15) is 4.79 Å². The molecule has 0 saturated heterocycles. The smallest absolute Gasteiger partial charge is 0.226 e. The van der Waals surface area contributed by atoms with E-state index in [1.54, 1.807) is 16.8 Å². The molecule has 0 bridgehead atoms. The van der Waals surface area contributed by atoms with Gasteiger partial charge >= 0.3 is 0 Å². The fraction of sp³-hybridized carbons (Fsp3) is 0.160. The second kappa shape index (κ2) is 7.47. The predicted octanol–water partition coefficient (Wildman–Crippen LogP) is 6.43. The summed E-state index contributed by atoms with van der Waals surface area (Å²) in [6.45, 7) is 0. The molecule has 0 fully saturated rings. The average Bonchev–Trinajstić information content (AvgIpc) is 3.21. The zero-order chi connectivity index (χ0) is 21.8. The highest BCUT2D eigenvalue weighted by atomic mass is 35.5. The number of anilines is 1. The van der Waals surface area contributed by atoms with E-state index in [4.69, 9.17) is 33.3 Å². The topological polar surface area (TPSA) is 59.8 Å². The first-order valence-electron chi connectivity index (χ1n) is 10.5. The quantitative estimate of drug-likeness (QED) is 0.374. The Hall–Kier alpha value is -3.15. The van der Waals surface area contributed by atoms with Crippen LogP contribution in [-0.2, 0) is 4.79 Å². The Kier molecular flexibility index (Phi) is 4.56.